The van der Waals surface area contributed by atoms with Crippen molar-refractivity contribution in [1.29, 1.82) is 0 Å². The number of aromatic amines is 1. The number of thiophene rings is 1. The molecule has 0 atom stereocenters. The molecule has 0 aliphatic rings. The first-order valence-electron chi connectivity index (χ1n) is 7.42. The average Bonchev–Trinajstić information content (AvgIpc) is 3.16. The van der Waals surface area contributed by atoms with Gasteiger partial charge in [0.25, 0.3) is 0 Å². The zero-order valence-electron chi connectivity index (χ0n) is 12.8. The summed E-state index contributed by atoms with van der Waals surface area (Å²) in [6.45, 7) is 2.29. The number of imidazole rings is 1. The third-order valence-corrected chi connectivity index (χ3v) is 4.53. The van der Waals surface area contributed by atoms with E-state index in [1.807, 2.05) is 43.3 Å². The molecule has 0 saturated heterocycles. The summed E-state index contributed by atoms with van der Waals surface area (Å²) in [7, 11) is 0. The molecular weight excluding hydrogens is 310 g/mol. The van der Waals surface area contributed by atoms with Gasteiger partial charge in [-0.3, -0.25) is 9.59 Å². The van der Waals surface area contributed by atoms with E-state index in [1.54, 1.807) is 0 Å². The number of Topliss-reactive ketones (excluding diaryl/α,β-unsaturated/α-hetero) is 1. The summed E-state index contributed by atoms with van der Waals surface area (Å²) in [6.07, 6.45) is 0.419. The van der Waals surface area contributed by atoms with Crippen molar-refractivity contribution in [2.45, 2.75) is 26.3 Å². The van der Waals surface area contributed by atoms with Crippen LogP contribution in [-0.4, -0.2) is 21.7 Å². The van der Waals surface area contributed by atoms with E-state index < -0.39 is 0 Å². The minimum atomic E-state index is -0.146. The normalized spacial score (nSPS) is 10.8. The van der Waals surface area contributed by atoms with E-state index in [2.05, 4.69) is 15.3 Å². The molecule has 0 aliphatic heterocycles. The number of rotatable bonds is 6. The molecule has 1 aromatic carbocycles. The second-order valence-electron chi connectivity index (χ2n) is 5.31. The lowest BCUT2D eigenvalue weighted by molar-refractivity contribution is -0.121. The molecule has 3 rings (SSSR count). The average molecular weight is 327 g/mol. The summed E-state index contributed by atoms with van der Waals surface area (Å²) in [5, 5.41) is 2.79. The second kappa shape index (κ2) is 6.75. The largest absolute Gasteiger partial charge is 0.349 e. The van der Waals surface area contributed by atoms with Crippen molar-refractivity contribution in [2.24, 2.45) is 0 Å². The van der Waals surface area contributed by atoms with Crippen molar-refractivity contribution in [2.75, 3.05) is 0 Å². The van der Waals surface area contributed by atoms with E-state index in [1.165, 1.54) is 11.3 Å². The minimum Gasteiger partial charge on any atom is -0.349 e. The molecule has 0 spiro atoms. The zero-order chi connectivity index (χ0) is 16.2. The molecule has 1 amide bonds. The van der Waals surface area contributed by atoms with E-state index in [0.29, 0.717) is 17.2 Å². The Kier molecular flexibility index (Phi) is 4.52. The molecule has 2 aromatic heterocycles. The molecule has 0 saturated carbocycles. The van der Waals surface area contributed by atoms with Crippen LogP contribution in [0.4, 0.5) is 0 Å². The highest BCUT2D eigenvalue weighted by Gasteiger charge is 2.11. The molecule has 3 aromatic rings. The monoisotopic (exact) mass is 327 g/mol. The first-order chi connectivity index (χ1) is 11.1. The molecule has 0 aliphatic carbocycles. The van der Waals surface area contributed by atoms with Gasteiger partial charge >= 0.3 is 0 Å². The number of aromatic nitrogens is 2. The summed E-state index contributed by atoms with van der Waals surface area (Å²) in [5.41, 5.74) is 1.82. The maximum atomic E-state index is 12.0. The molecule has 0 fully saturated rings. The van der Waals surface area contributed by atoms with Crippen molar-refractivity contribution in [3.63, 3.8) is 0 Å². The van der Waals surface area contributed by atoms with Gasteiger partial charge < -0.3 is 10.3 Å². The fourth-order valence-electron chi connectivity index (χ4n) is 2.29. The standard InChI is InChI=1S/C17H17N3O2S/c1-11-6-8-15(23-11)14(21)7-9-17(22)18-10-16-19-12-4-2-3-5-13(12)20-16/h2-6,8H,7,9-10H2,1H3,(H,18,22)(H,19,20). The highest BCUT2D eigenvalue weighted by Crippen LogP contribution is 2.17. The zero-order valence-corrected chi connectivity index (χ0v) is 13.6. The molecule has 2 N–H and O–H groups in total. The first-order valence-corrected chi connectivity index (χ1v) is 8.23. The molecule has 0 radical (unpaired) electrons. The van der Waals surface area contributed by atoms with Gasteiger partial charge in [-0.15, -0.1) is 11.3 Å². The fraction of sp³-hybridized carbons (Fsp3) is 0.235. The van der Waals surface area contributed by atoms with Crippen molar-refractivity contribution >= 4 is 34.1 Å². The van der Waals surface area contributed by atoms with Crippen LogP contribution in [0.15, 0.2) is 36.4 Å². The molecule has 0 bridgehead atoms. The maximum Gasteiger partial charge on any atom is 0.220 e. The summed E-state index contributed by atoms with van der Waals surface area (Å²) >= 11 is 1.46. The van der Waals surface area contributed by atoms with Crippen LogP contribution in [0.1, 0.15) is 33.2 Å². The molecular formula is C17H17N3O2S. The lowest BCUT2D eigenvalue weighted by atomic mass is 10.2. The number of fused-ring (bicyclic) bond motifs is 1. The van der Waals surface area contributed by atoms with Crippen LogP contribution in [0, 0.1) is 6.92 Å². The van der Waals surface area contributed by atoms with Gasteiger partial charge in [0, 0.05) is 17.7 Å². The number of nitrogens with zero attached hydrogens (tertiary/aromatic N) is 1. The smallest absolute Gasteiger partial charge is 0.220 e. The van der Waals surface area contributed by atoms with E-state index in [0.717, 1.165) is 15.9 Å². The Morgan fingerprint density at radius 2 is 2.00 bits per heavy atom. The van der Waals surface area contributed by atoms with Gasteiger partial charge in [0.2, 0.25) is 5.91 Å². The Bertz CT molecular complexity index is 817. The number of aryl methyl sites for hydroxylation is 1. The number of hydrogen-bond donors (Lipinski definition) is 2. The molecule has 5 nitrogen and oxygen atoms in total. The van der Waals surface area contributed by atoms with Gasteiger partial charge in [0.05, 0.1) is 22.5 Å². The lowest BCUT2D eigenvalue weighted by Crippen LogP contribution is -2.23. The molecule has 23 heavy (non-hydrogen) atoms. The third-order valence-electron chi connectivity index (χ3n) is 3.49. The Balaban J connectivity index is 1.48. The maximum absolute atomic E-state index is 12.0. The Morgan fingerprint density at radius 1 is 1.17 bits per heavy atom. The number of amides is 1. The molecule has 6 heteroatoms. The summed E-state index contributed by atoms with van der Waals surface area (Å²) in [5.74, 6) is 0.578. The number of para-hydroxylation sites is 2. The van der Waals surface area contributed by atoms with Crippen LogP contribution in [0.5, 0.6) is 0 Å². The van der Waals surface area contributed by atoms with Gasteiger partial charge in [0.15, 0.2) is 5.78 Å². The molecule has 118 valence electrons. The van der Waals surface area contributed by atoms with Gasteiger partial charge in [-0.25, -0.2) is 4.98 Å². The van der Waals surface area contributed by atoms with Crippen LogP contribution >= 0.6 is 11.3 Å². The highest BCUT2D eigenvalue weighted by molar-refractivity contribution is 7.14. The summed E-state index contributed by atoms with van der Waals surface area (Å²) < 4.78 is 0. The second-order valence-corrected chi connectivity index (χ2v) is 6.60. The minimum absolute atomic E-state index is 0.0157. The fourth-order valence-corrected chi connectivity index (χ4v) is 3.13. The Morgan fingerprint density at radius 3 is 2.74 bits per heavy atom. The number of benzene rings is 1. The van der Waals surface area contributed by atoms with Crippen molar-refractivity contribution in [3.8, 4) is 0 Å². The predicted octanol–water partition coefficient (Wildman–Crippen LogP) is 3.21. The molecule has 2 heterocycles. The van der Waals surface area contributed by atoms with Crippen molar-refractivity contribution < 1.29 is 9.59 Å². The van der Waals surface area contributed by atoms with E-state index in [4.69, 9.17) is 0 Å². The van der Waals surface area contributed by atoms with Crippen molar-refractivity contribution in [3.05, 3.63) is 52.0 Å². The van der Waals surface area contributed by atoms with E-state index >= 15 is 0 Å². The van der Waals surface area contributed by atoms with Gasteiger partial charge in [-0.2, -0.15) is 0 Å². The SMILES string of the molecule is Cc1ccc(C(=O)CCC(=O)NCc2nc3ccccc3[nH]2)s1. The number of carbonyl (C=O) groups is 2. The van der Waals surface area contributed by atoms with Gasteiger partial charge in [-0.1, -0.05) is 12.1 Å². The topological polar surface area (TPSA) is 74.8 Å². The third kappa shape index (κ3) is 3.84. The van der Waals surface area contributed by atoms with Crippen LogP contribution in [0.25, 0.3) is 11.0 Å². The van der Waals surface area contributed by atoms with Gasteiger partial charge in [0.1, 0.15) is 5.82 Å². The van der Waals surface area contributed by atoms with Crippen LogP contribution in [0.3, 0.4) is 0 Å². The first kappa shape index (κ1) is 15.4. The van der Waals surface area contributed by atoms with E-state index in [-0.39, 0.29) is 24.5 Å². The number of ketones is 1. The quantitative estimate of drug-likeness (QED) is 0.683. The number of hydrogen-bond acceptors (Lipinski definition) is 4. The Hall–Kier alpha value is -2.47. The van der Waals surface area contributed by atoms with Crippen LogP contribution in [0.2, 0.25) is 0 Å². The van der Waals surface area contributed by atoms with Gasteiger partial charge in [-0.05, 0) is 31.2 Å². The van der Waals surface area contributed by atoms with E-state index in [9.17, 15) is 9.59 Å². The molecule has 0 unspecified atom stereocenters. The Labute approximate surface area is 137 Å². The van der Waals surface area contributed by atoms with Crippen molar-refractivity contribution in [1.82, 2.24) is 15.3 Å². The number of H-pyrrole nitrogens is 1. The number of carbonyl (C=O) groups excluding carboxylic acids is 2. The predicted molar refractivity (Wildman–Crippen MR) is 90.6 cm³/mol. The highest BCUT2D eigenvalue weighted by atomic mass is 32.1. The van der Waals surface area contributed by atoms with Crippen LogP contribution in [-0.2, 0) is 11.3 Å². The van der Waals surface area contributed by atoms with Crippen LogP contribution < -0.4 is 5.32 Å². The lowest BCUT2D eigenvalue weighted by Gasteiger charge is -2.02. The number of nitrogens with one attached hydrogen (secondary N) is 2. The summed E-state index contributed by atoms with van der Waals surface area (Å²) in [6, 6.07) is 11.4. The summed E-state index contributed by atoms with van der Waals surface area (Å²) in [4.78, 5) is 33.2.